The standard InChI is InChI=1S/C13H13NO2.2C10H13NO4.2C8H9NO3.2C8H9NO2.2C5H9NO5.2C4H9NO3/c14-13(16-9-15)8-10-5-6-11-3-1-2-4-12(11)7-10;2*1-10(11,15-6-12)5-7-2-3-8(13)9(14)4-7;2*9-7(8(11)12)5-1-3-6(10)4-2-5;2*9-7(8(10)11)6-4-2-1-3-5-6;2*6-3(5(9)10)1-4(8)11-2-7;2*5-3(1-2-6)4(7)8/h1-7,9,13H,8,14H2;2*2-4,6,13-14H,5,11H2,1H3;2*1-4,7,10H,9H2,(H,11,12);2*1-5,7H,9H2,(H,10,11);2*2-4,8H,1,6H2,(H,9,10);2*3,6H,1-2,5H2,(H,7,8)/t13-;2*10-;4*7-;2*3-,4?;2*3-/m11010101010/s1. The second-order valence-corrected chi connectivity index (χ2v) is 26.6. The Kier molecular flexibility index (Phi) is 60.5. The van der Waals surface area contributed by atoms with Crippen LogP contribution in [0.5, 0.6) is 34.5 Å². The molecule has 2 unspecified atom stereocenters. The molecule has 13 atom stereocenters. The number of carboxylic acids is 8. The third-order valence-electron chi connectivity index (χ3n) is 15.7. The van der Waals surface area contributed by atoms with Gasteiger partial charge < -0.3 is 161 Å². The number of aromatic hydroxyl groups is 6. The van der Waals surface area contributed by atoms with Crippen molar-refractivity contribution in [3.05, 3.63) is 227 Å². The molecule has 130 heavy (non-hydrogen) atoms. The van der Waals surface area contributed by atoms with Crippen LogP contribution in [-0.2, 0) is 105 Å². The molecule has 0 aliphatic rings. The van der Waals surface area contributed by atoms with Crippen LogP contribution in [0.3, 0.4) is 0 Å². The highest BCUT2D eigenvalue weighted by molar-refractivity contribution is 5.83. The first kappa shape index (κ1) is 119. The summed E-state index contributed by atoms with van der Waals surface area (Å²) in [5.74, 6) is -9.48. The minimum atomic E-state index is -1.45. The number of aliphatic hydroxyl groups is 4. The zero-order valence-electron chi connectivity index (χ0n) is 69.7. The molecule has 8 aromatic carbocycles. The quantitative estimate of drug-likeness (QED) is 0.0101. The lowest BCUT2D eigenvalue weighted by Crippen LogP contribution is -2.41. The topological polar surface area (TPSA) is 918 Å². The molecule has 0 amide bonds. The highest BCUT2D eigenvalue weighted by atomic mass is 16.6. The molecule has 40 N–H and O–H groups in total. The first-order chi connectivity index (χ1) is 60.8. The lowest BCUT2D eigenvalue weighted by Gasteiger charge is -2.22. The second-order valence-electron chi connectivity index (χ2n) is 26.6. The molecule has 47 nitrogen and oxygen atoms in total. The van der Waals surface area contributed by atoms with Crippen LogP contribution in [0.15, 0.2) is 188 Å². The van der Waals surface area contributed by atoms with Gasteiger partial charge in [0, 0.05) is 45.3 Å². The van der Waals surface area contributed by atoms with Crippen LogP contribution in [0.4, 0.5) is 0 Å². The monoisotopic (exact) mass is 1840 g/mol. The van der Waals surface area contributed by atoms with Crippen molar-refractivity contribution in [1.82, 2.24) is 0 Å². The van der Waals surface area contributed by atoms with Gasteiger partial charge in [-0.25, -0.2) is 0 Å². The van der Waals surface area contributed by atoms with Crippen molar-refractivity contribution in [3.63, 3.8) is 0 Å². The molecule has 0 saturated heterocycles. The molecule has 0 bridgehead atoms. The average Bonchev–Trinajstić information content (AvgIpc) is 0.863. The fourth-order valence-electron chi connectivity index (χ4n) is 8.84. The van der Waals surface area contributed by atoms with Gasteiger partial charge in [-0.3, -0.25) is 79.5 Å². The molecular formula is C83H111N11O36. The number of hydrogen-bond donors (Lipinski definition) is 29. The Labute approximate surface area is 741 Å². The summed E-state index contributed by atoms with van der Waals surface area (Å²) in [6.45, 7) is 3.74. The van der Waals surface area contributed by atoms with Crippen molar-refractivity contribution >= 4 is 90.9 Å². The SMILES string of the molecule is C[C@@](N)(Cc1ccc(O)c(O)c1)OC=O.C[C@](N)(Cc1ccc(O)c(O)c1)OC=O.N[C@@H](C(=O)O)c1ccc(O)cc1.N[C@@H](C(=O)O)c1ccccc1.N[C@@H](CC(O)OC=O)C(=O)O.N[C@@H](CCO)C(=O)O.N[C@@H](Cc1ccc2ccccc2c1)OC=O.N[C@H](C(=O)O)c1ccc(O)cc1.N[C@H](C(=O)O)c1ccccc1.N[C@H](CC(O)OC=O)C(=O)O.N[C@H](CCO)C(=O)O. The largest absolute Gasteiger partial charge is 0.508 e. The fraction of sp³-hybridized carbons (Fsp3) is 0.289. The number of aliphatic hydroxyl groups excluding tert-OH is 4. The predicted octanol–water partition coefficient (Wildman–Crippen LogP) is -0.567. The lowest BCUT2D eigenvalue weighted by atomic mass is 10.0. The molecule has 0 heterocycles. The third kappa shape index (κ3) is 55.6. The van der Waals surface area contributed by atoms with Crippen molar-refractivity contribution in [2.75, 3.05) is 13.2 Å². The number of nitrogens with two attached hydrogens (primary N) is 11. The van der Waals surface area contributed by atoms with E-state index in [1.165, 1.54) is 83.6 Å². The Hall–Kier alpha value is -14.7. The van der Waals surface area contributed by atoms with Gasteiger partial charge in [0.15, 0.2) is 40.7 Å². The molecule has 47 heteroatoms. The van der Waals surface area contributed by atoms with E-state index in [4.69, 9.17) is 145 Å². The van der Waals surface area contributed by atoms with Gasteiger partial charge in [0.1, 0.15) is 59.8 Å². The fourth-order valence-corrected chi connectivity index (χ4v) is 8.84. The Morgan fingerprint density at radius 3 is 0.877 bits per heavy atom. The Morgan fingerprint density at radius 1 is 0.331 bits per heavy atom. The number of ether oxygens (including phenoxy) is 5. The van der Waals surface area contributed by atoms with Crippen molar-refractivity contribution in [3.8, 4) is 34.5 Å². The summed E-state index contributed by atoms with van der Waals surface area (Å²) in [6, 6.07) is 43.7. The van der Waals surface area contributed by atoms with E-state index in [2.05, 4.69) is 35.8 Å². The number of fused-ring (bicyclic) bond motifs is 1. The number of phenolic OH excluding ortho intramolecular Hbond substituents is 6. The summed E-state index contributed by atoms with van der Waals surface area (Å²) in [5.41, 5.74) is 60.5. The Morgan fingerprint density at radius 2 is 0.615 bits per heavy atom. The number of carbonyl (C=O) groups excluding carboxylic acids is 5. The van der Waals surface area contributed by atoms with E-state index in [-0.39, 0.29) is 112 Å². The highest BCUT2D eigenvalue weighted by Gasteiger charge is 2.24. The molecule has 0 aromatic heterocycles. The number of carboxylic acid groups (broad SMARTS) is 8. The zero-order valence-corrected chi connectivity index (χ0v) is 69.7. The first-order valence-corrected chi connectivity index (χ1v) is 37.3. The maximum atomic E-state index is 10.4. The smallest absolute Gasteiger partial charge is 0.325 e. The molecule has 714 valence electrons. The van der Waals surface area contributed by atoms with Gasteiger partial charge in [-0.05, 0) is 125 Å². The van der Waals surface area contributed by atoms with E-state index in [1.807, 2.05) is 42.5 Å². The van der Waals surface area contributed by atoms with Crippen molar-refractivity contribution in [1.29, 1.82) is 0 Å². The van der Waals surface area contributed by atoms with Gasteiger partial charge in [0.25, 0.3) is 32.4 Å². The van der Waals surface area contributed by atoms with Crippen molar-refractivity contribution in [2.45, 2.75) is 137 Å². The van der Waals surface area contributed by atoms with Gasteiger partial charge in [0.05, 0.1) is 0 Å². The first-order valence-electron chi connectivity index (χ1n) is 37.3. The Balaban J connectivity index is -0.00000137. The summed E-state index contributed by atoms with van der Waals surface area (Å²) in [4.78, 5) is 131. The maximum Gasteiger partial charge on any atom is 0.325 e. The number of benzene rings is 8. The van der Waals surface area contributed by atoms with Gasteiger partial charge in [0.2, 0.25) is 12.6 Å². The van der Waals surface area contributed by atoms with Crippen LogP contribution in [0.1, 0.15) is 103 Å². The second kappa shape index (κ2) is 65.9. The summed E-state index contributed by atoms with van der Waals surface area (Å²) in [7, 11) is 0. The Bertz CT molecular complexity index is 4440. The minimum absolute atomic E-state index is 0.0270. The number of rotatable bonds is 36. The highest BCUT2D eigenvalue weighted by Crippen LogP contribution is 2.28. The molecule has 0 radical (unpaired) electrons. The molecular weight excluding hydrogens is 1730 g/mol. The molecule has 0 fully saturated rings. The van der Waals surface area contributed by atoms with E-state index in [9.17, 15) is 72.5 Å². The number of carbonyl (C=O) groups is 13. The van der Waals surface area contributed by atoms with Gasteiger partial charge >= 0.3 is 47.8 Å². The van der Waals surface area contributed by atoms with Crippen LogP contribution in [0.25, 0.3) is 10.8 Å². The van der Waals surface area contributed by atoms with Crippen LogP contribution < -0.4 is 63.1 Å². The number of phenols is 6. The molecule has 8 rings (SSSR count). The van der Waals surface area contributed by atoms with Crippen LogP contribution in [-0.4, -0.2) is 240 Å². The van der Waals surface area contributed by atoms with Gasteiger partial charge in [-0.15, -0.1) is 0 Å². The van der Waals surface area contributed by atoms with Crippen LogP contribution >= 0.6 is 0 Å². The van der Waals surface area contributed by atoms with Crippen LogP contribution in [0.2, 0.25) is 0 Å². The molecule has 8 aromatic rings. The van der Waals surface area contributed by atoms with Crippen LogP contribution in [0, 0.1) is 0 Å². The van der Waals surface area contributed by atoms with E-state index < -0.39 is 126 Å². The third-order valence-corrected chi connectivity index (χ3v) is 15.7. The van der Waals surface area contributed by atoms with E-state index in [1.54, 1.807) is 74.5 Å². The maximum absolute atomic E-state index is 10.4. The summed E-state index contributed by atoms with van der Waals surface area (Å²) >= 11 is 0. The normalized spacial score (nSPS) is 13.4. The predicted molar refractivity (Wildman–Crippen MR) is 458 cm³/mol. The summed E-state index contributed by atoms with van der Waals surface area (Å²) in [6.07, 6.45) is -2.81. The van der Waals surface area contributed by atoms with E-state index >= 15 is 0 Å². The molecule has 0 aliphatic heterocycles. The molecule has 0 spiro atoms. The van der Waals surface area contributed by atoms with Crippen molar-refractivity contribution < 1.29 is 178 Å². The van der Waals surface area contributed by atoms with Crippen molar-refractivity contribution in [2.24, 2.45) is 63.1 Å². The van der Waals surface area contributed by atoms with E-state index in [0.29, 0.717) is 46.3 Å². The zero-order chi connectivity index (χ0) is 100.0. The summed E-state index contributed by atoms with van der Waals surface area (Å²) in [5, 5.41) is 157. The van der Waals surface area contributed by atoms with Gasteiger partial charge in [-0.1, -0.05) is 140 Å². The number of hydrogen-bond acceptors (Lipinski definition) is 39. The number of aliphatic carboxylic acids is 8. The molecule has 0 saturated carbocycles. The van der Waals surface area contributed by atoms with Gasteiger partial charge in [-0.2, -0.15) is 0 Å². The average molecular weight is 1840 g/mol. The summed E-state index contributed by atoms with van der Waals surface area (Å²) < 4.78 is 22.0. The molecule has 0 aliphatic carbocycles. The van der Waals surface area contributed by atoms with E-state index in [0.717, 1.165) is 5.56 Å². The minimum Gasteiger partial charge on any atom is -0.508 e. The lowest BCUT2D eigenvalue weighted by molar-refractivity contribution is -0.157.